The van der Waals surface area contributed by atoms with Crippen LogP contribution in [0.25, 0.3) is 0 Å². The first kappa shape index (κ1) is 12.9. The third-order valence-electron chi connectivity index (χ3n) is 3.21. The first-order valence-corrected chi connectivity index (χ1v) is 9.29. The fourth-order valence-corrected chi connectivity index (χ4v) is 3.40. The summed E-state index contributed by atoms with van der Waals surface area (Å²) >= 11 is 2.43. The Morgan fingerprint density at radius 2 is 1.86 bits per heavy atom. The van der Waals surface area contributed by atoms with E-state index in [0.29, 0.717) is 15.1 Å². The number of hydrogen-bond donors (Lipinski definition) is 0. The molecule has 0 bridgehead atoms. The van der Waals surface area contributed by atoms with E-state index in [1.165, 1.54) is 0 Å². The Morgan fingerprint density at radius 3 is 2.21 bits per heavy atom. The molecule has 1 fully saturated rings. The van der Waals surface area contributed by atoms with E-state index in [-0.39, 0.29) is 0 Å². The van der Waals surface area contributed by atoms with E-state index in [2.05, 4.69) is 56.5 Å². The van der Waals surface area contributed by atoms with Gasteiger partial charge >= 0.3 is 0 Å². The lowest BCUT2D eigenvalue weighted by Gasteiger charge is -2.38. The van der Waals surface area contributed by atoms with Crippen LogP contribution >= 0.6 is 22.6 Å². The minimum atomic E-state index is -1.60. The van der Waals surface area contributed by atoms with Gasteiger partial charge in [0.05, 0.1) is 23.2 Å². The molecule has 0 unspecified atom stereocenters. The molecular weight excluding hydrogens is 307 g/mol. The zero-order valence-electron chi connectivity index (χ0n) is 9.76. The number of rotatable bonds is 2. The van der Waals surface area contributed by atoms with Crippen LogP contribution in [0.15, 0.2) is 0 Å². The molecule has 0 spiro atoms. The zero-order valence-corrected chi connectivity index (χ0v) is 12.9. The van der Waals surface area contributed by atoms with Crippen LogP contribution in [0.2, 0.25) is 18.1 Å². The van der Waals surface area contributed by atoms with Crippen LogP contribution in [0.1, 0.15) is 20.8 Å². The Kier molecular flexibility index (Phi) is 4.06. The molecule has 0 aromatic rings. The predicted octanol–water partition coefficient (Wildman–Crippen LogP) is 3.21. The molecule has 0 saturated carbocycles. The van der Waals surface area contributed by atoms with Gasteiger partial charge in [-0.2, -0.15) is 0 Å². The summed E-state index contributed by atoms with van der Waals surface area (Å²) in [5, 5.41) is 0.298. The molecule has 4 heteroatoms. The normalized spacial score (nSPS) is 29.6. The summed E-state index contributed by atoms with van der Waals surface area (Å²) in [4.78, 5) is 0. The Bertz CT molecular complexity index is 201. The summed E-state index contributed by atoms with van der Waals surface area (Å²) in [6.07, 6.45) is 0.316. The number of hydrogen-bond acceptors (Lipinski definition) is 2. The van der Waals surface area contributed by atoms with Crippen molar-refractivity contribution < 1.29 is 9.16 Å². The van der Waals surface area contributed by atoms with E-state index in [4.69, 9.17) is 9.16 Å². The topological polar surface area (TPSA) is 18.5 Å². The van der Waals surface area contributed by atoms with Crippen molar-refractivity contribution in [1.82, 2.24) is 0 Å². The van der Waals surface area contributed by atoms with E-state index < -0.39 is 8.32 Å². The van der Waals surface area contributed by atoms with Gasteiger partial charge in [0.15, 0.2) is 8.32 Å². The number of halogens is 1. The lowest BCUT2D eigenvalue weighted by Crippen LogP contribution is -2.45. The highest BCUT2D eigenvalue weighted by molar-refractivity contribution is 14.1. The highest BCUT2D eigenvalue weighted by atomic mass is 127. The quantitative estimate of drug-likeness (QED) is 0.440. The Morgan fingerprint density at radius 1 is 1.29 bits per heavy atom. The monoisotopic (exact) mass is 328 g/mol. The molecule has 1 aliphatic rings. The second-order valence-corrected chi connectivity index (χ2v) is 11.8. The largest absolute Gasteiger partial charge is 0.410 e. The van der Waals surface area contributed by atoms with E-state index in [9.17, 15) is 0 Å². The molecule has 0 aliphatic carbocycles. The van der Waals surface area contributed by atoms with Gasteiger partial charge in [-0.05, 0) is 18.1 Å². The standard InChI is InChI=1S/C10H21IO2Si/c1-10(2,3)14(4,5)13-9-7-12-6-8(9)11/h8-9H,6-7H2,1-5H3/t8-,9-/m1/s1. The highest BCUT2D eigenvalue weighted by Crippen LogP contribution is 2.38. The van der Waals surface area contributed by atoms with Gasteiger partial charge in [0.2, 0.25) is 0 Å². The fourth-order valence-electron chi connectivity index (χ4n) is 1.17. The summed E-state index contributed by atoms with van der Waals surface area (Å²) in [5.74, 6) is 0. The van der Waals surface area contributed by atoms with Crippen molar-refractivity contribution in [1.29, 1.82) is 0 Å². The maximum atomic E-state index is 6.28. The van der Waals surface area contributed by atoms with Gasteiger partial charge in [-0.15, -0.1) is 0 Å². The van der Waals surface area contributed by atoms with Gasteiger partial charge in [-0.1, -0.05) is 43.4 Å². The average molecular weight is 328 g/mol. The fraction of sp³-hybridized carbons (Fsp3) is 1.00. The van der Waals surface area contributed by atoms with Crippen molar-refractivity contribution in [3.63, 3.8) is 0 Å². The maximum Gasteiger partial charge on any atom is 0.192 e. The molecular formula is C10H21IO2Si. The van der Waals surface area contributed by atoms with Gasteiger partial charge in [-0.3, -0.25) is 0 Å². The molecule has 0 aromatic carbocycles. The van der Waals surface area contributed by atoms with Crippen LogP contribution in [0.4, 0.5) is 0 Å². The number of alkyl halides is 1. The van der Waals surface area contributed by atoms with Crippen molar-refractivity contribution >= 4 is 30.9 Å². The summed E-state index contributed by atoms with van der Waals surface area (Å²) in [6.45, 7) is 13.1. The van der Waals surface area contributed by atoms with Crippen LogP contribution in [0.5, 0.6) is 0 Å². The SMILES string of the molecule is CC(C)(C)[Si](C)(C)O[C@@H]1COC[C@H]1I. The van der Waals surface area contributed by atoms with Crippen molar-refractivity contribution in [2.75, 3.05) is 13.2 Å². The van der Waals surface area contributed by atoms with Gasteiger partial charge < -0.3 is 9.16 Å². The minimum Gasteiger partial charge on any atom is -0.410 e. The van der Waals surface area contributed by atoms with E-state index in [1.54, 1.807) is 0 Å². The Hall–Kier alpha value is 0.867. The van der Waals surface area contributed by atoms with Gasteiger partial charge in [0.25, 0.3) is 0 Å². The van der Waals surface area contributed by atoms with Crippen molar-refractivity contribution in [3.8, 4) is 0 Å². The number of ether oxygens (including phenoxy) is 1. The summed E-state index contributed by atoms with van der Waals surface area (Å²) in [5.41, 5.74) is 0. The molecule has 1 saturated heterocycles. The Balaban J connectivity index is 2.58. The van der Waals surface area contributed by atoms with E-state index in [0.717, 1.165) is 13.2 Å². The molecule has 0 amide bonds. The lowest BCUT2D eigenvalue weighted by atomic mass is 10.2. The molecule has 1 heterocycles. The molecule has 0 radical (unpaired) electrons. The lowest BCUT2D eigenvalue weighted by molar-refractivity contribution is 0.132. The summed E-state index contributed by atoms with van der Waals surface area (Å²) < 4.78 is 12.2. The van der Waals surface area contributed by atoms with Crippen LogP contribution in [0.3, 0.4) is 0 Å². The first-order chi connectivity index (χ1) is 6.24. The first-order valence-electron chi connectivity index (χ1n) is 5.14. The van der Waals surface area contributed by atoms with E-state index >= 15 is 0 Å². The highest BCUT2D eigenvalue weighted by Gasteiger charge is 2.41. The van der Waals surface area contributed by atoms with Crippen LogP contribution in [-0.2, 0) is 9.16 Å². The molecule has 1 aliphatic heterocycles. The van der Waals surface area contributed by atoms with Crippen LogP contribution in [0, 0.1) is 0 Å². The molecule has 84 valence electrons. The maximum absolute atomic E-state index is 6.28. The second kappa shape index (κ2) is 4.39. The van der Waals surface area contributed by atoms with Crippen LogP contribution < -0.4 is 0 Å². The van der Waals surface area contributed by atoms with Crippen LogP contribution in [-0.4, -0.2) is 31.6 Å². The van der Waals surface area contributed by atoms with Crippen molar-refractivity contribution in [2.24, 2.45) is 0 Å². The predicted molar refractivity (Wildman–Crippen MR) is 70.7 cm³/mol. The van der Waals surface area contributed by atoms with E-state index in [1.807, 2.05) is 0 Å². The smallest absolute Gasteiger partial charge is 0.192 e. The molecule has 1 rings (SSSR count). The molecule has 2 atom stereocenters. The molecule has 0 N–H and O–H groups in total. The molecule has 2 nitrogen and oxygen atoms in total. The zero-order chi connectivity index (χ0) is 11.0. The summed E-state index contributed by atoms with van der Waals surface area (Å²) in [7, 11) is -1.60. The third kappa shape index (κ3) is 2.93. The Labute approximate surface area is 102 Å². The van der Waals surface area contributed by atoms with Gasteiger partial charge in [-0.25, -0.2) is 0 Å². The molecule has 14 heavy (non-hydrogen) atoms. The van der Waals surface area contributed by atoms with Crippen molar-refractivity contribution in [3.05, 3.63) is 0 Å². The third-order valence-corrected chi connectivity index (χ3v) is 8.88. The minimum absolute atomic E-state index is 0.298. The van der Waals surface area contributed by atoms with Gasteiger partial charge in [0.1, 0.15) is 0 Å². The summed E-state index contributed by atoms with van der Waals surface area (Å²) in [6, 6.07) is 0. The van der Waals surface area contributed by atoms with Gasteiger partial charge in [0, 0.05) is 0 Å². The second-order valence-electron chi connectivity index (χ2n) is 5.47. The molecule has 0 aromatic heterocycles. The average Bonchev–Trinajstić information content (AvgIpc) is 2.33. The van der Waals surface area contributed by atoms with Crippen molar-refractivity contribution in [2.45, 2.75) is 48.9 Å².